The van der Waals surface area contributed by atoms with Crippen LogP contribution in [0.1, 0.15) is 18.9 Å². The van der Waals surface area contributed by atoms with E-state index >= 15 is 0 Å². The van der Waals surface area contributed by atoms with Crippen LogP contribution >= 0.6 is 0 Å². The van der Waals surface area contributed by atoms with Crippen molar-refractivity contribution in [2.75, 3.05) is 20.8 Å². The molecule has 0 radical (unpaired) electrons. The summed E-state index contributed by atoms with van der Waals surface area (Å²) >= 11 is 0. The number of hydrogen-bond acceptors (Lipinski definition) is 8. The van der Waals surface area contributed by atoms with E-state index in [0.29, 0.717) is 6.42 Å². The van der Waals surface area contributed by atoms with Crippen molar-refractivity contribution in [3.8, 4) is 5.75 Å². The Morgan fingerprint density at radius 1 is 1.00 bits per heavy atom. The summed E-state index contributed by atoms with van der Waals surface area (Å²) in [6.45, 7) is 0.946. The van der Waals surface area contributed by atoms with E-state index in [2.05, 4.69) is 31.2 Å². The number of carbonyl (C=O) groups excluding carboxylic acids is 5. The Labute approximate surface area is 184 Å². The molecule has 1 aromatic carbocycles. The summed E-state index contributed by atoms with van der Waals surface area (Å²) < 4.78 is 8.98. The molecule has 0 saturated carbocycles. The number of ether oxygens (including phenoxy) is 2. The summed E-state index contributed by atoms with van der Waals surface area (Å²) in [5.41, 5.74) is 4.57. The second kappa shape index (κ2) is 12.9. The number of nitrogens with one attached hydrogen (secondary N) is 3. The molecule has 0 saturated heterocycles. The van der Waals surface area contributed by atoms with Gasteiger partial charge >= 0.3 is 11.9 Å². The molecular formula is C20H29N4O8+. The van der Waals surface area contributed by atoms with Gasteiger partial charge in [-0.1, -0.05) is 12.1 Å². The monoisotopic (exact) mass is 453 g/mol. The molecule has 3 amide bonds. The molecule has 7 N–H and O–H groups in total. The lowest BCUT2D eigenvalue weighted by atomic mass is 10.1. The van der Waals surface area contributed by atoms with Crippen LogP contribution in [0, 0.1) is 0 Å². The first-order valence-electron chi connectivity index (χ1n) is 9.70. The minimum atomic E-state index is -1.26. The minimum Gasteiger partial charge on any atom is -0.508 e. The lowest BCUT2D eigenvalue weighted by Crippen LogP contribution is -2.69. The summed E-state index contributed by atoms with van der Waals surface area (Å²) in [7, 11) is 2.23. The molecule has 0 spiro atoms. The van der Waals surface area contributed by atoms with Crippen molar-refractivity contribution < 1.29 is 44.3 Å². The van der Waals surface area contributed by atoms with E-state index in [9.17, 15) is 29.1 Å². The van der Waals surface area contributed by atoms with Crippen molar-refractivity contribution in [2.45, 2.75) is 37.9 Å². The molecule has 0 aliphatic heterocycles. The van der Waals surface area contributed by atoms with Crippen LogP contribution in [-0.2, 0) is 39.9 Å². The van der Waals surface area contributed by atoms with Gasteiger partial charge in [0.15, 0.2) is 6.04 Å². The molecule has 1 aromatic rings. The van der Waals surface area contributed by atoms with E-state index in [1.165, 1.54) is 19.1 Å². The fourth-order valence-electron chi connectivity index (χ4n) is 2.56. The number of hydrogen-bond donors (Lipinski definition) is 5. The van der Waals surface area contributed by atoms with Crippen LogP contribution in [0.5, 0.6) is 5.75 Å². The third-order valence-corrected chi connectivity index (χ3v) is 4.38. The van der Waals surface area contributed by atoms with E-state index in [-0.39, 0.29) is 5.75 Å². The molecule has 176 valence electrons. The summed E-state index contributed by atoms with van der Waals surface area (Å²) in [5, 5.41) is 16.4. The van der Waals surface area contributed by atoms with E-state index < -0.39 is 60.8 Å². The molecule has 3 unspecified atom stereocenters. The van der Waals surface area contributed by atoms with E-state index in [1.807, 2.05) is 0 Å². The van der Waals surface area contributed by atoms with Crippen LogP contribution in [0.25, 0.3) is 0 Å². The smallest absolute Gasteiger partial charge is 0.328 e. The number of amides is 3. The standard InChI is InChI=1S/C20H28N4O8/c1-11(23-19(29)14(21)8-12-4-6-13(25)7-5-12)18(28)22-10-16(26)24-15(20(30)32-3)9-17(27)31-2/h4-7,11,14-15,25H,8-10,21H2,1-3H3,(H,22,28)(H,23,29)(H,24,26)/p+1. The predicted molar refractivity (Wildman–Crippen MR) is 110 cm³/mol. The van der Waals surface area contributed by atoms with Crippen LogP contribution in [0.2, 0.25) is 0 Å². The topological polar surface area (TPSA) is 188 Å². The van der Waals surface area contributed by atoms with Gasteiger partial charge in [-0.15, -0.1) is 0 Å². The zero-order chi connectivity index (χ0) is 24.3. The van der Waals surface area contributed by atoms with Gasteiger partial charge in [0, 0.05) is 6.42 Å². The summed E-state index contributed by atoms with van der Waals surface area (Å²) in [5.74, 6) is -3.29. The van der Waals surface area contributed by atoms with Crippen LogP contribution in [-0.4, -0.2) is 73.7 Å². The zero-order valence-corrected chi connectivity index (χ0v) is 18.2. The first-order chi connectivity index (χ1) is 15.1. The molecule has 0 aliphatic carbocycles. The van der Waals surface area contributed by atoms with Crippen LogP contribution in [0.4, 0.5) is 0 Å². The maximum atomic E-state index is 12.3. The number of aromatic hydroxyl groups is 1. The van der Waals surface area contributed by atoms with E-state index in [0.717, 1.165) is 19.8 Å². The van der Waals surface area contributed by atoms with Gasteiger partial charge in [0.1, 0.15) is 17.8 Å². The van der Waals surface area contributed by atoms with E-state index in [4.69, 9.17) is 0 Å². The minimum absolute atomic E-state index is 0.108. The number of carbonyl (C=O) groups is 5. The van der Waals surface area contributed by atoms with Gasteiger partial charge in [-0.3, -0.25) is 19.2 Å². The van der Waals surface area contributed by atoms with Crippen molar-refractivity contribution >= 4 is 29.7 Å². The van der Waals surface area contributed by atoms with E-state index in [1.54, 1.807) is 12.1 Å². The zero-order valence-electron chi connectivity index (χ0n) is 18.2. The van der Waals surface area contributed by atoms with Gasteiger partial charge in [-0.25, -0.2) is 4.79 Å². The fourth-order valence-corrected chi connectivity index (χ4v) is 2.56. The van der Waals surface area contributed by atoms with Gasteiger partial charge in [0.05, 0.1) is 27.2 Å². The highest BCUT2D eigenvalue weighted by atomic mass is 16.5. The van der Waals surface area contributed by atoms with Gasteiger partial charge < -0.3 is 36.3 Å². The Hall–Kier alpha value is -3.67. The number of methoxy groups -OCH3 is 2. The fraction of sp³-hybridized carbons (Fsp3) is 0.450. The second-order valence-electron chi connectivity index (χ2n) is 6.94. The van der Waals surface area contributed by atoms with Gasteiger partial charge in [0.2, 0.25) is 11.8 Å². The summed E-state index contributed by atoms with van der Waals surface area (Å²) in [6.07, 6.45) is -0.126. The van der Waals surface area contributed by atoms with Crippen molar-refractivity contribution in [3.63, 3.8) is 0 Å². The largest absolute Gasteiger partial charge is 0.508 e. The van der Waals surface area contributed by atoms with Crippen molar-refractivity contribution in [2.24, 2.45) is 0 Å². The van der Waals surface area contributed by atoms with Crippen molar-refractivity contribution in [1.82, 2.24) is 16.0 Å². The lowest BCUT2D eigenvalue weighted by molar-refractivity contribution is -0.403. The Bertz CT molecular complexity index is 827. The SMILES string of the molecule is COC(=O)CC(NC(=O)CNC(=O)C(C)NC(=O)C([NH3+])Cc1ccc(O)cc1)C(=O)OC. The number of quaternary nitrogens is 1. The Kier molecular flexibility index (Phi) is 10.6. The number of rotatable bonds is 11. The number of benzene rings is 1. The van der Waals surface area contributed by atoms with Crippen molar-refractivity contribution in [3.05, 3.63) is 29.8 Å². The molecule has 0 bridgehead atoms. The molecule has 3 atom stereocenters. The number of phenolic OH excluding ortho intramolecular Hbond substituents is 1. The molecule has 0 heterocycles. The third kappa shape index (κ3) is 9.00. The Morgan fingerprint density at radius 2 is 1.62 bits per heavy atom. The summed E-state index contributed by atoms with van der Waals surface area (Å²) in [6, 6.07) is 3.42. The first kappa shape index (κ1) is 26.4. The second-order valence-corrected chi connectivity index (χ2v) is 6.94. The molecule has 0 fully saturated rings. The molecule has 0 aliphatic rings. The molecule has 0 aromatic heterocycles. The molecule has 1 rings (SSSR count). The van der Waals surface area contributed by atoms with Crippen LogP contribution in [0.3, 0.4) is 0 Å². The molecule has 32 heavy (non-hydrogen) atoms. The third-order valence-electron chi connectivity index (χ3n) is 4.38. The Morgan fingerprint density at radius 3 is 2.19 bits per heavy atom. The van der Waals surface area contributed by atoms with Gasteiger partial charge in [0.25, 0.3) is 5.91 Å². The quantitative estimate of drug-likeness (QED) is 0.225. The number of esters is 2. The Balaban J connectivity index is 2.50. The highest BCUT2D eigenvalue weighted by molar-refractivity contribution is 5.93. The van der Waals surface area contributed by atoms with Crippen molar-refractivity contribution in [1.29, 1.82) is 0 Å². The van der Waals surface area contributed by atoms with Crippen LogP contribution in [0.15, 0.2) is 24.3 Å². The summed E-state index contributed by atoms with van der Waals surface area (Å²) in [4.78, 5) is 59.5. The predicted octanol–water partition coefficient (Wildman–Crippen LogP) is -2.61. The van der Waals surface area contributed by atoms with Gasteiger partial charge in [-0.05, 0) is 24.6 Å². The first-order valence-corrected chi connectivity index (χ1v) is 9.70. The van der Waals surface area contributed by atoms with Gasteiger partial charge in [-0.2, -0.15) is 0 Å². The highest BCUT2D eigenvalue weighted by Gasteiger charge is 2.26. The maximum absolute atomic E-state index is 12.3. The maximum Gasteiger partial charge on any atom is 0.328 e. The average Bonchev–Trinajstić information content (AvgIpc) is 2.77. The number of phenols is 1. The highest BCUT2D eigenvalue weighted by Crippen LogP contribution is 2.10. The lowest BCUT2D eigenvalue weighted by Gasteiger charge is -2.17. The normalized spacial score (nSPS) is 13.1. The molecule has 12 nitrogen and oxygen atoms in total. The average molecular weight is 453 g/mol. The molecular weight excluding hydrogens is 424 g/mol. The molecule has 12 heteroatoms. The van der Waals surface area contributed by atoms with Crippen LogP contribution < -0.4 is 21.7 Å².